The molecule has 0 aliphatic carbocycles. The summed E-state index contributed by atoms with van der Waals surface area (Å²) >= 11 is 3.53. The molecule has 1 N–H and O–H groups in total. The highest BCUT2D eigenvalue weighted by molar-refractivity contribution is 9.10. The first-order valence-electron chi connectivity index (χ1n) is 8.84. The summed E-state index contributed by atoms with van der Waals surface area (Å²) in [5, 5.41) is 3.05. The number of para-hydroxylation sites is 1. The second-order valence-corrected chi connectivity index (χ2v) is 6.94. The van der Waals surface area contributed by atoms with Crippen molar-refractivity contribution in [2.75, 3.05) is 11.9 Å². The van der Waals surface area contributed by atoms with Crippen LogP contribution in [0.4, 0.5) is 5.69 Å². The third kappa shape index (κ3) is 5.60. The molecule has 0 heterocycles. The van der Waals surface area contributed by atoms with Crippen LogP contribution < -0.4 is 10.1 Å². The predicted octanol–water partition coefficient (Wildman–Crippen LogP) is 5.68. The lowest BCUT2D eigenvalue weighted by Crippen LogP contribution is -2.15. The molecule has 0 aliphatic rings. The summed E-state index contributed by atoms with van der Waals surface area (Å²) in [5.74, 6) is 0.859. The van der Waals surface area contributed by atoms with E-state index in [0.717, 1.165) is 34.3 Å². The Kier molecular flexibility index (Phi) is 7.51. The quantitative estimate of drug-likeness (QED) is 0.575. The van der Waals surface area contributed by atoms with Crippen molar-refractivity contribution in [3.8, 4) is 5.75 Å². The van der Waals surface area contributed by atoms with E-state index in [1.165, 1.54) is 11.1 Å². The van der Waals surface area contributed by atoms with E-state index in [0.29, 0.717) is 19.4 Å². The molecule has 0 aromatic heterocycles. The molecule has 0 saturated carbocycles. The molecule has 0 aliphatic heterocycles. The number of aryl methyl sites for hydroxylation is 3. The van der Waals surface area contributed by atoms with Gasteiger partial charge in [-0.3, -0.25) is 4.79 Å². The van der Waals surface area contributed by atoms with Gasteiger partial charge >= 0.3 is 0 Å². The zero-order valence-electron chi connectivity index (χ0n) is 15.2. The lowest BCUT2D eigenvalue weighted by molar-refractivity contribution is -0.116. The number of hydrogen-bond donors (Lipinski definition) is 1. The molecule has 2 aromatic rings. The summed E-state index contributed by atoms with van der Waals surface area (Å²) in [6.07, 6.45) is 3.03. The van der Waals surface area contributed by atoms with Crippen LogP contribution in [0.3, 0.4) is 0 Å². The number of halogens is 1. The molecular weight excluding hydrogens is 378 g/mol. The molecule has 0 unspecified atom stereocenters. The molecule has 3 nitrogen and oxygen atoms in total. The Hall–Kier alpha value is -1.81. The lowest BCUT2D eigenvalue weighted by Gasteiger charge is -2.13. The van der Waals surface area contributed by atoms with Gasteiger partial charge in [0.15, 0.2) is 0 Å². The Balaban J connectivity index is 1.81. The highest BCUT2D eigenvalue weighted by atomic mass is 79.9. The van der Waals surface area contributed by atoms with Crippen molar-refractivity contribution in [3.63, 3.8) is 0 Å². The van der Waals surface area contributed by atoms with Crippen LogP contribution in [-0.4, -0.2) is 12.5 Å². The molecule has 2 aromatic carbocycles. The van der Waals surface area contributed by atoms with E-state index >= 15 is 0 Å². The summed E-state index contributed by atoms with van der Waals surface area (Å²) in [7, 11) is 0. The fraction of sp³-hybridized carbons (Fsp3) is 0.381. The molecule has 1 amide bonds. The van der Waals surface area contributed by atoms with Gasteiger partial charge in [0.25, 0.3) is 0 Å². The van der Waals surface area contributed by atoms with E-state index in [-0.39, 0.29) is 5.91 Å². The van der Waals surface area contributed by atoms with Crippen LogP contribution in [-0.2, 0) is 17.6 Å². The molecule has 0 atom stereocenters. The molecule has 2 rings (SSSR count). The molecule has 0 radical (unpaired) electrons. The van der Waals surface area contributed by atoms with Gasteiger partial charge < -0.3 is 10.1 Å². The van der Waals surface area contributed by atoms with Crippen LogP contribution >= 0.6 is 15.9 Å². The maximum atomic E-state index is 12.2. The fourth-order valence-corrected chi connectivity index (χ4v) is 3.24. The molecule has 134 valence electrons. The van der Waals surface area contributed by atoms with Gasteiger partial charge in [-0.2, -0.15) is 0 Å². The molecule has 0 fully saturated rings. The first-order chi connectivity index (χ1) is 12.0. The van der Waals surface area contributed by atoms with E-state index in [1.807, 2.05) is 25.1 Å². The van der Waals surface area contributed by atoms with Crippen molar-refractivity contribution in [1.29, 1.82) is 0 Å². The topological polar surface area (TPSA) is 38.3 Å². The zero-order valence-corrected chi connectivity index (χ0v) is 16.8. The first-order valence-corrected chi connectivity index (χ1v) is 9.64. The van der Waals surface area contributed by atoms with Gasteiger partial charge in [-0.1, -0.05) is 38.1 Å². The fourth-order valence-electron chi connectivity index (χ4n) is 2.70. The average molecular weight is 404 g/mol. The summed E-state index contributed by atoms with van der Waals surface area (Å²) < 4.78 is 6.74. The Morgan fingerprint density at radius 2 is 1.96 bits per heavy atom. The van der Waals surface area contributed by atoms with Crippen molar-refractivity contribution in [2.45, 2.75) is 46.5 Å². The van der Waals surface area contributed by atoms with Gasteiger partial charge in [0.05, 0.1) is 11.1 Å². The predicted molar refractivity (Wildman–Crippen MR) is 107 cm³/mol. The van der Waals surface area contributed by atoms with Crippen LogP contribution in [0.15, 0.2) is 40.9 Å². The zero-order chi connectivity index (χ0) is 18.2. The van der Waals surface area contributed by atoms with Gasteiger partial charge in [0, 0.05) is 12.1 Å². The van der Waals surface area contributed by atoms with Crippen molar-refractivity contribution < 1.29 is 9.53 Å². The minimum atomic E-state index is 0.0352. The molecule has 25 heavy (non-hydrogen) atoms. The average Bonchev–Trinajstić information content (AvgIpc) is 2.61. The molecule has 0 bridgehead atoms. The number of nitrogens with one attached hydrogen (secondary N) is 1. The number of benzene rings is 2. The van der Waals surface area contributed by atoms with Gasteiger partial charge in [-0.25, -0.2) is 0 Å². The molecule has 0 spiro atoms. The summed E-state index contributed by atoms with van der Waals surface area (Å²) in [6.45, 7) is 6.76. The Bertz CT molecular complexity index is 728. The van der Waals surface area contributed by atoms with Crippen LogP contribution in [0, 0.1) is 6.92 Å². The maximum absolute atomic E-state index is 12.2. The third-order valence-electron chi connectivity index (χ3n) is 4.21. The largest absolute Gasteiger partial charge is 0.492 e. The molecule has 4 heteroatoms. The standard InChI is InChI=1S/C21H26BrNO2/c1-4-16-11-12-19(18(22)14-16)25-13-7-10-20(24)23-21-15(3)8-6-9-17(21)5-2/h6,8-9,11-12,14H,4-5,7,10,13H2,1-3H3,(H,23,24). The van der Waals surface area contributed by atoms with E-state index in [4.69, 9.17) is 4.74 Å². The number of carbonyl (C=O) groups excluding carboxylic acids is 1. The van der Waals surface area contributed by atoms with Gasteiger partial charge in [-0.15, -0.1) is 0 Å². The summed E-state index contributed by atoms with van der Waals surface area (Å²) in [5.41, 5.74) is 4.49. The number of hydrogen-bond acceptors (Lipinski definition) is 2. The smallest absolute Gasteiger partial charge is 0.224 e. The second-order valence-electron chi connectivity index (χ2n) is 6.08. The van der Waals surface area contributed by atoms with Gasteiger partial charge in [-0.05, 0) is 70.9 Å². The van der Waals surface area contributed by atoms with Crippen molar-refractivity contribution in [1.82, 2.24) is 0 Å². The number of amides is 1. The Morgan fingerprint density at radius 1 is 1.16 bits per heavy atom. The van der Waals surface area contributed by atoms with Crippen molar-refractivity contribution >= 4 is 27.5 Å². The number of ether oxygens (including phenoxy) is 1. The summed E-state index contributed by atoms with van der Waals surface area (Å²) in [4.78, 5) is 12.2. The van der Waals surface area contributed by atoms with Gasteiger partial charge in [0.2, 0.25) is 5.91 Å². The Morgan fingerprint density at radius 3 is 2.64 bits per heavy atom. The monoisotopic (exact) mass is 403 g/mol. The third-order valence-corrected chi connectivity index (χ3v) is 4.83. The SMILES string of the molecule is CCc1ccc(OCCCC(=O)Nc2c(C)cccc2CC)c(Br)c1. The normalized spacial score (nSPS) is 10.6. The molecular formula is C21H26BrNO2. The first kappa shape index (κ1) is 19.5. The minimum Gasteiger partial charge on any atom is -0.492 e. The summed E-state index contributed by atoms with van der Waals surface area (Å²) in [6, 6.07) is 12.2. The van der Waals surface area contributed by atoms with Crippen molar-refractivity contribution in [2.24, 2.45) is 0 Å². The van der Waals surface area contributed by atoms with Crippen LogP contribution in [0.2, 0.25) is 0 Å². The van der Waals surface area contributed by atoms with E-state index < -0.39 is 0 Å². The van der Waals surface area contributed by atoms with E-state index in [1.54, 1.807) is 0 Å². The Labute approximate surface area is 158 Å². The van der Waals surface area contributed by atoms with E-state index in [9.17, 15) is 4.79 Å². The highest BCUT2D eigenvalue weighted by Gasteiger charge is 2.09. The van der Waals surface area contributed by atoms with Crippen molar-refractivity contribution in [3.05, 3.63) is 57.6 Å². The number of anilines is 1. The number of rotatable bonds is 8. The van der Waals surface area contributed by atoms with Gasteiger partial charge in [0.1, 0.15) is 5.75 Å². The second kappa shape index (κ2) is 9.62. The molecule has 0 saturated heterocycles. The number of carbonyl (C=O) groups is 1. The van der Waals surface area contributed by atoms with Crippen LogP contribution in [0.5, 0.6) is 5.75 Å². The lowest BCUT2D eigenvalue weighted by atomic mass is 10.1. The van der Waals surface area contributed by atoms with E-state index in [2.05, 4.69) is 53.3 Å². The maximum Gasteiger partial charge on any atom is 0.224 e. The van der Waals surface area contributed by atoms with Crippen LogP contribution in [0.25, 0.3) is 0 Å². The highest BCUT2D eigenvalue weighted by Crippen LogP contribution is 2.26. The minimum absolute atomic E-state index is 0.0352. The van der Waals surface area contributed by atoms with Crippen LogP contribution in [0.1, 0.15) is 43.4 Å².